The van der Waals surface area contributed by atoms with E-state index in [0.717, 1.165) is 6.26 Å². The van der Waals surface area contributed by atoms with Gasteiger partial charge in [0.05, 0.1) is 19.5 Å². The van der Waals surface area contributed by atoms with Gasteiger partial charge in [0.15, 0.2) is 5.69 Å². The van der Waals surface area contributed by atoms with Crippen LogP contribution in [0.15, 0.2) is 30.5 Å². The highest BCUT2D eigenvalue weighted by atomic mass is 19.4. The molecule has 0 saturated heterocycles. The van der Waals surface area contributed by atoms with Crippen LogP contribution in [0.25, 0.3) is 5.57 Å². The van der Waals surface area contributed by atoms with Gasteiger partial charge in [-0.15, -0.1) is 0 Å². The van der Waals surface area contributed by atoms with Gasteiger partial charge in [0.25, 0.3) is 0 Å². The first kappa shape index (κ1) is 22.0. The third-order valence-electron chi connectivity index (χ3n) is 3.49. The molecule has 2 rings (SSSR count). The lowest BCUT2D eigenvalue weighted by molar-refractivity contribution is -0.141. The third-order valence-corrected chi connectivity index (χ3v) is 3.49. The standard InChI is InChI=1S/C19H19F3N2O5/c1-10(2)28-18-23-15(19(20,21)22)8-16(24-18)29-12-5-6-13(11(3)7-12)14(9-27-4)17(25)26/h5-10H,1-4H3,(H,25,26)/b14-9+. The number of hydrogen-bond acceptors (Lipinski definition) is 6. The molecule has 1 aromatic carbocycles. The molecule has 0 fully saturated rings. The van der Waals surface area contributed by atoms with Crippen molar-refractivity contribution in [2.45, 2.75) is 33.1 Å². The van der Waals surface area contributed by atoms with E-state index in [1.54, 1.807) is 20.8 Å². The molecule has 1 aromatic heterocycles. The number of benzene rings is 1. The van der Waals surface area contributed by atoms with Crippen LogP contribution in [0.2, 0.25) is 0 Å². The largest absolute Gasteiger partial charge is 0.503 e. The van der Waals surface area contributed by atoms with E-state index in [-0.39, 0.29) is 17.2 Å². The molecule has 0 aliphatic heterocycles. The third kappa shape index (κ3) is 5.84. The summed E-state index contributed by atoms with van der Waals surface area (Å²) < 4.78 is 54.7. The predicted octanol–water partition coefficient (Wildman–Crippen LogP) is 4.46. The lowest BCUT2D eigenvalue weighted by Gasteiger charge is -2.14. The van der Waals surface area contributed by atoms with Crippen molar-refractivity contribution < 1.29 is 37.3 Å². The van der Waals surface area contributed by atoms with Gasteiger partial charge in [-0.05, 0) is 44.0 Å². The second-order valence-corrected chi connectivity index (χ2v) is 6.19. The van der Waals surface area contributed by atoms with Crippen LogP contribution >= 0.6 is 0 Å². The number of aromatic nitrogens is 2. The van der Waals surface area contributed by atoms with E-state index >= 15 is 0 Å². The smallest absolute Gasteiger partial charge is 0.433 e. The van der Waals surface area contributed by atoms with Crippen molar-refractivity contribution in [2.24, 2.45) is 0 Å². The number of nitrogens with zero attached hydrogens (tertiary/aromatic N) is 2. The molecule has 0 amide bonds. The van der Waals surface area contributed by atoms with Gasteiger partial charge in [0, 0.05) is 6.07 Å². The highest BCUT2D eigenvalue weighted by molar-refractivity contribution is 6.15. The Kier molecular flexibility index (Phi) is 6.68. The molecule has 0 unspecified atom stereocenters. The van der Waals surface area contributed by atoms with Gasteiger partial charge in [0.1, 0.15) is 11.3 Å². The van der Waals surface area contributed by atoms with E-state index in [0.29, 0.717) is 17.2 Å². The summed E-state index contributed by atoms with van der Waals surface area (Å²) in [4.78, 5) is 18.6. The molecule has 0 aliphatic carbocycles. The Morgan fingerprint density at radius 2 is 1.90 bits per heavy atom. The van der Waals surface area contributed by atoms with Crippen molar-refractivity contribution in [3.63, 3.8) is 0 Å². The van der Waals surface area contributed by atoms with Gasteiger partial charge in [-0.2, -0.15) is 23.1 Å². The summed E-state index contributed by atoms with van der Waals surface area (Å²) in [5.41, 5.74) is -0.403. The van der Waals surface area contributed by atoms with Gasteiger partial charge >= 0.3 is 18.2 Å². The molecule has 0 saturated carbocycles. The van der Waals surface area contributed by atoms with E-state index in [1.807, 2.05) is 0 Å². The molecule has 0 bridgehead atoms. The van der Waals surface area contributed by atoms with Crippen LogP contribution < -0.4 is 9.47 Å². The zero-order chi connectivity index (χ0) is 21.8. The number of carbonyl (C=O) groups is 1. The number of carboxylic acid groups (broad SMARTS) is 1. The fourth-order valence-corrected chi connectivity index (χ4v) is 2.33. The number of rotatable bonds is 7. The van der Waals surface area contributed by atoms with Crippen LogP contribution in [-0.2, 0) is 15.7 Å². The van der Waals surface area contributed by atoms with Crippen LogP contribution in [0, 0.1) is 6.92 Å². The Labute approximate surface area is 164 Å². The van der Waals surface area contributed by atoms with Gasteiger partial charge < -0.3 is 19.3 Å². The first-order valence-electron chi connectivity index (χ1n) is 8.39. The van der Waals surface area contributed by atoms with Crippen LogP contribution in [0.3, 0.4) is 0 Å². The molecule has 0 radical (unpaired) electrons. The lowest BCUT2D eigenvalue weighted by atomic mass is 10.0. The second-order valence-electron chi connectivity index (χ2n) is 6.19. The molecular formula is C19H19F3N2O5. The molecule has 2 aromatic rings. The van der Waals surface area contributed by atoms with Crippen LogP contribution in [0.4, 0.5) is 13.2 Å². The van der Waals surface area contributed by atoms with Crippen LogP contribution in [-0.4, -0.2) is 34.3 Å². The van der Waals surface area contributed by atoms with E-state index in [4.69, 9.17) is 14.2 Å². The number of carboxylic acids is 1. The van der Waals surface area contributed by atoms with Crippen molar-refractivity contribution >= 4 is 11.5 Å². The van der Waals surface area contributed by atoms with E-state index in [9.17, 15) is 23.1 Å². The Bertz CT molecular complexity index is 927. The molecular weight excluding hydrogens is 393 g/mol. The monoisotopic (exact) mass is 412 g/mol. The van der Waals surface area contributed by atoms with Crippen molar-refractivity contribution in [3.8, 4) is 17.6 Å². The maximum Gasteiger partial charge on any atom is 0.433 e. The molecule has 0 spiro atoms. The van der Waals surface area contributed by atoms with Crippen molar-refractivity contribution in [2.75, 3.05) is 7.11 Å². The van der Waals surface area contributed by atoms with Crippen molar-refractivity contribution in [1.82, 2.24) is 9.97 Å². The maximum atomic E-state index is 13.1. The SMILES string of the molecule is CO/C=C(/C(=O)O)c1ccc(Oc2cc(C(F)(F)F)nc(OC(C)C)n2)cc1C. The summed E-state index contributed by atoms with van der Waals surface area (Å²) in [5.74, 6) is -1.39. The predicted molar refractivity (Wildman–Crippen MR) is 96.7 cm³/mol. The van der Waals surface area contributed by atoms with Gasteiger partial charge in [0.2, 0.25) is 5.88 Å². The number of halogens is 3. The fourth-order valence-electron chi connectivity index (χ4n) is 2.33. The van der Waals surface area contributed by atoms with Gasteiger partial charge in [-0.3, -0.25) is 0 Å². The minimum absolute atomic E-state index is 0.0782. The van der Waals surface area contributed by atoms with E-state index in [2.05, 4.69) is 9.97 Å². The molecule has 29 heavy (non-hydrogen) atoms. The van der Waals surface area contributed by atoms with E-state index in [1.165, 1.54) is 25.3 Å². The maximum absolute atomic E-state index is 13.1. The summed E-state index contributed by atoms with van der Waals surface area (Å²) in [6, 6.07) is 4.53. The quantitative estimate of drug-likeness (QED) is 0.530. The highest BCUT2D eigenvalue weighted by Crippen LogP contribution is 2.33. The zero-order valence-corrected chi connectivity index (χ0v) is 16.1. The average molecular weight is 412 g/mol. The zero-order valence-electron chi connectivity index (χ0n) is 16.1. The van der Waals surface area contributed by atoms with Gasteiger partial charge in [-0.1, -0.05) is 6.07 Å². The molecule has 7 nitrogen and oxygen atoms in total. The number of aliphatic carboxylic acids is 1. The summed E-state index contributed by atoms with van der Waals surface area (Å²) in [6.45, 7) is 4.88. The molecule has 10 heteroatoms. The Morgan fingerprint density at radius 3 is 2.41 bits per heavy atom. The summed E-state index contributed by atoms with van der Waals surface area (Å²) in [6.07, 6.45) is -4.06. The number of ether oxygens (including phenoxy) is 3. The number of aryl methyl sites for hydroxylation is 1. The molecule has 0 aliphatic rings. The number of alkyl halides is 3. The molecule has 1 heterocycles. The normalized spacial score (nSPS) is 12.1. The lowest BCUT2D eigenvalue weighted by Crippen LogP contribution is -2.14. The van der Waals surface area contributed by atoms with Crippen LogP contribution in [0.5, 0.6) is 17.6 Å². The fraction of sp³-hybridized carbons (Fsp3) is 0.316. The minimum Gasteiger partial charge on any atom is -0.503 e. The average Bonchev–Trinajstić information content (AvgIpc) is 2.58. The topological polar surface area (TPSA) is 90.8 Å². The minimum atomic E-state index is -4.71. The Balaban J connectivity index is 2.39. The highest BCUT2D eigenvalue weighted by Gasteiger charge is 2.34. The molecule has 156 valence electrons. The second kappa shape index (κ2) is 8.80. The number of hydrogen-bond donors (Lipinski definition) is 1. The Morgan fingerprint density at radius 1 is 1.21 bits per heavy atom. The number of methoxy groups -OCH3 is 1. The van der Waals surface area contributed by atoms with Crippen molar-refractivity contribution in [3.05, 3.63) is 47.3 Å². The summed E-state index contributed by atoms with van der Waals surface area (Å²) >= 11 is 0. The van der Waals surface area contributed by atoms with Gasteiger partial charge in [-0.25, -0.2) is 4.79 Å². The Hall–Kier alpha value is -3.30. The first-order chi connectivity index (χ1) is 13.5. The molecule has 0 atom stereocenters. The summed E-state index contributed by atoms with van der Waals surface area (Å²) in [5, 5.41) is 9.28. The summed E-state index contributed by atoms with van der Waals surface area (Å²) in [7, 11) is 1.32. The van der Waals surface area contributed by atoms with Crippen LogP contribution in [0.1, 0.15) is 30.7 Å². The van der Waals surface area contributed by atoms with Crippen molar-refractivity contribution in [1.29, 1.82) is 0 Å². The molecule has 1 N–H and O–H groups in total. The first-order valence-corrected chi connectivity index (χ1v) is 8.39. The van der Waals surface area contributed by atoms with E-state index < -0.39 is 30.0 Å².